The van der Waals surface area contributed by atoms with Gasteiger partial charge in [0.05, 0.1) is 25.5 Å². The van der Waals surface area contributed by atoms with E-state index in [1.807, 2.05) is 0 Å². The van der Waals surface area contributed by atoms with Gasteiger partial charge in [0, 0.05) is 12.1 Å². The lowest BCUT2D eigenvalue weighted by Crippen LogP contribution is -2.03. The molecule has 1 aliphatic rings. The summed E-state index contributed by atoms with van der Waals surface area (Å²) >= 11 is 0. The zero-order chi connectivity index (χ0) is 16.6. The van der Waals surface area contributed by atoms with Crippen molar-refractivity contribution in [2.75, 3.05) is 14.2 Å². The molecule has 122 valence electrons. The van der Waals surface area contributed by atoms with Gasteiger partial charge in [-0.3, -0.25) is 0 Å². The molecule has 0 unspecified atom stereocenters. The Morgan fingerprint density at radius 3 is 2.61 bits per heavy atom. The quantitative estimate of drug-likeness (QED) is 0.843. The van der Waals surface area contributed by atoms with Crippen LogP contribution < -0.4 is 9.47 Å². The van der Waals surface area contributed by atoms with Gasteiger partial charge in [0.2, 0.25) is 12.3 Å². The smallest absolute Gasteiger partial charge is 0.319 e. The SMILES string of the molecule is COc1ncc(-c2cc([C@H]3C[C@@H]3C(F)F)c(C)nn2)c(OC)n1. The van der Waals surface area contributed by atoms with Crippen molar-refractivity contribution >= 4 is 0 Å². The maximum absolute atomic E-state index is 12.8. The average molecular weight is 322 g/mol. The summed E-state index contributed by atoms with van der Waals surface area (Å²) in [6.45, 7) is 1.77. The van der Waals surface area contributed by atoms with Crippen LogP contribution in [0, 0.1) is 12.8 Å². The van der Waals surface area contributed by atoms with Crippen LogP contribution in [0.5, 0.6) is 11.9 Å². The molecule has 0 radical (unpaired) electrons. The Bertz CT molecular complexity index is 727. The number of aryl methyl sites for hydroxylation is 1. The molecule has 0 amide bonds. The van der Waals surface area contributed by atoms with E-state index >= 15 is 0 Å². The Morgan fingerprint density at radius 1 is 1.22 bits per heavy atom. The van der Waals surface area contributed by atoms with Crippen LogP contribution in [-0.2, 0) is 0 Å². The number of ether oxygens (including phenoxy) is 2. The van der Waals surface area contributed by atoms with E-state index < -0.39 is 12.3 Å². The molecule has 0 spiro atoms. The molecule has 8 heteroatoms. The number of hydrogen-bond donors (Lipinski definition) is 0. The maximum atomic E-state index is 12.8. The van der Waals surface area contributed by atoms with Gasteiger partial charge in [0.1, 0.15) is 5.69 Å². The summed E-state index contributed by atoms with van der Waals surface area (Å²) in [6.07, 6.45) is -0.319. The molecule has 2 aromatic heterocycles. The van der Waals surface area contributed by atoms with Crippen molar-refractivity contribution < 1.29 is 18.3 Å². The van der Waals surface area contributed by atoms with E-state index in [0.29, 0.717) is 29.3 Å². The first kappa shape index (κ1) is 15.5. The fourth-order valence-corrected chi connectivity index (χ4v) is 2.61. The number of aromatic nitrogens is 4. The molecule has 2 atom stereocenters. The van der Waals surface area contributed by atoms with Crippen LogP contribution in [0.25, 0.3) is 11.3 Å². The van der Waals surface area contributed by atoms with E-state index in [9.17, 15) is 8.78 Å². The maximum Gasteiger partial charge on any atom is 0.319 e. The van der Waals surface area contributed by atoms with Gasteiger partial charge in [-0.2, -0.15) is 10.1 Å². The lowest BCUT2D eigenvalue weighted by atomic mass is 10.1. The second-order valence-corrected chi connectivity index (χ2v) is 5.39. The molecule has 1 aliphatic carbocycles. The van der Waals surface area contributed by atoms with Gasteiger partial charge in [0.15, 0.2) is 0 Å². The normalized spacial score (nSPS) is 19.7. The van der Waals surface area contributed by atoms with Crippen LogP contribution >= 0.6 is 0 Å². The molecular weight excluding hydrogens is 306 g/mol. The van der Waals surface area contributed by atoms with Gasteiger partial charge in [-0.05, 0) is 30.9 Å². The fraction of sp³-hybridized carbons (Fsp3) is 0.467. The zero-order valence-corrected chi connectivity index (χ0v) is 13.0. The second-order valence-electron chi connectivity index (χ2n) is 5.39. The fourth-order valence-electron chi connectivity index (χ4n) is 2.61. The van der Waals surface area contributed by atoms with Gasteiger partial charge in [0.25, 0.3) is 0 Å². The highest BCUT2D eigenvalue weighted by Gasteiger charge is 2.46. The first-order valence-electron chi connectivity index (χ1n) is 7.13. The summed E-state index contributed by atoms with van der Waals surface area (Å²) in [6, 6.07) is 1.94. The highest BCUT2D eigenvalue weighted by Crippen LogP contribution is 2.51. The molecule has 3 rings (SSSR count). The molecule has 0 bridgehead atoms. The van der Waals surface area contributed by atoms with Crippen LogP contribution in [0.4, 0.5) is 8.78 Å². The second kappa shape index (κ2) is 6.02. The van der Waals surface area contributed by atoms with Crippen molar-refractivity contribution in [2.45, 2.75) is 25.7 Å². The summed E-state index contributed by atoms with van der Waals surface area (Å²) in [7, 11) is 2.93. The molecule has 1 fully saturated rings. The van der Waals surface area contributed by atoms with E-state index in [-0.39, 0.29) is 11.9 Å². The number of methoxy groups -OCH3 is 2. The summed E-state index contributed by atoms with van der Waals surface area (Å²) in [4.78, 5) is 8.14. The molecular formula is C15H16F2N4O2. The minimum absolute atomic E-state index is 0.172. The van der Waals surface area contributed by atoms with Gasteiger partial charge >= 0.3 is 6.01 Å². The number of rotatable bonds is 5. The molecule has 23 heavy (non-hydrogen) atoms. The van der Waals surface area contributed by atoms with Crippen molar-refractivity contribution in [3.05, 3.63) is 23.5 Å². The van der Waals surface area contributed by atoms with Gasteiger partial charge in [-0.25, -0.2) is 13.8 Å². The summed E-state index contributed by atoms with van der Waals surface area (Å²) in [5.74, 6) is -0.476. The number of alkyl halides is 2. The standard InChI is InChI=1S/C15H16F2N4O2/c1-7-8(9-4-10(9)13(16)17)5-12(21-20-7)11-6-18-15(23-3)19-14(11)22-2/h5-6,9-10,13H,4H2,1-3H3/t9-,10+/m1/s1. The molecule has 0 N–H and O–H groups in total. The lowest BCUT2D eigenvalue weighted by molar-refractivity contribution is 0.120. The first-order valence-corrected chi connectivity index (χ1v) is 7.13. The average Bonchev–Trinajstić information content (AvgIpc) is 3.35. The van der Waals surface area contributed by atoms with Gasteiger partial charge in [-0.1, -0.05) is 0 Å². The third kappa shape index (κ3) is 2.93. The van der Waals surface area contributed by atoms with E-state index in [0.717, 1.165) is 5.56 Å². The van der Waals surface area contributed by atoms with Crippen LogP contribution in [0.3, 0.4) is 0 Å². The summed E-state index contributed by atoms with van der Waals surface area (Å²) in [5.41, 5.74) is 2.48. The van der Waals surface area contributed by atoms with E-state index in [2.05, 4.69) is 20.2 Å². The molecule has 0 aromatic carbocycles. The molecule has 2 heterocycles. The topological polar surface area (TPSA) is 70.0 Å². The van der Waals surface area contributed by atoms with Crippen LogP contribution in [-0.4, -0.2) is 40.8 Å². The largest absolute Gasteiger partial charge is 0.480 e. The summed E-state index contributed by atoms with van der Waals surface area (Å²) < 4.78 is 35.8. The molecule has 1 saturated carbocycles. The van der Waals surface area contributed by atoms with Crippen molar-refractivity contribution in [2.24, 2.45) is 5.92 Å². The Labute approximate surface area is 131 Å². The van der Waals surface area contributed by atoms with E-state index in [1.54, 1.807) is 13.0 Å². The zero-order valence-electron chi connectivity index (χ0n) is 13.0. The Balaban J connectivity index is 1.98. The monoisotopic (exact) mass is 322 g/mol. The van der Waals surface area contributed by atoms with Crippen molar-refractivity contribution in [1.82, 2.24) is 20.2 Å². The van der Waals surface area contributed by atoms with E-state index in [1.165, 1.54) is 20.4 Å². The van der Waals surface area contributed by atoms with Gasteiger partial charge in [-0.15, -0.1) is 5.10 Å². The lowest BCUT2D eigenvalue weighted by Gasteiger charge is -2.10. The highest BCUT2D eigenvalue weighted by molar-refractivity contribution is 5.64. The molecule has 0 saturated heterocycles. The van der Waals surface area contributed by atoms with Crippen molar-refractivity contribution in [3.63, 3.8) is 0 Å². The summed E-state index contributed by atoms with van der Waals surface area (Å²) in [5, 5.41) is 8.21. The number of nitrogens with zero attached hydrogens (tertiary/aromatic N) is 4. The highest BCUT2D eigenvalue weighted by atomic mass is 19.3. The van der Waals surface area contributed by atoms with Crippen LogP contribution in [0.15, 0.2) is 12.3 Å². The van der Waals surface area contributed by atoms with Gasteiger partial charge < -0.3 is 9.47 Å². The van der Waals surface area contributed by atoms with Crippen molar-refractivity contribution in [3.8, 4) is 23.1 Å². The number of halogens is 2. The Kier molecular flexibility index (Phi) is 4.06. The van der Waals surface area contributed by atoms with Crippen LogP contribution in [0.1, 0.15) is 23.6 Å². The molecule has 2 aromatic rings. The molecule has 6 nitrogen and oxygen atoms in total. The van der Waals surface area contributed by atoms with E-state index in [4.69, 9.17) is 9.47 Å². The minimum atomic E-state index is -2.31. The third-order valence-corrected chi connectivity index (χ3v) is 3.96. The third-order valence-electron chi connectivity index (χ3n) is 3.96. The van der Waals surface area contributed by atoms with Crippen LogP contribution in [0.2, 0.25) is 0 Å². The molecule has 0 aliphatic heterocycles. The predicted molar refractivity (Wildman–Crippen MR) is 77.8 cm³/mol. The Morgan fingerprint density at radius 2 is 2.00 bits per heavy atom. The minimum Gasteiger partial charge on any atom is -0.480 e. The number of hydrogen-bond acceptors (Lipinski definition) is 6. The Hall–Kier alpha value is -2.38. The predicted octanol–water partition coefficient (Wildman–Crippen LogP) is 2.63. The first-order chi connectivity index (χ1) is 11.0. The van der Waals surface area contributed by atoms with Crippen molar-refractivity contribution in [1.29, 1.82) is 0 Å².